The van der Waals surface area contributed by atoms with Gasteiger partial charge in [-0.15, -0.1) is 0 Å². The summed E-state index contributed by atoms with van der Waals surface area (Å²) in [5.41, 5.74) is 12.6. The second-order valence-corrected chi connectivity index (χ2v) is 13.5. The van der Waals surface area contributed by atoms with Gasteiger partial charge in [0, 0.05) is 12.0 Å². The third kappa shape index (κ3) is 5.25. The third-order valence-electron chi connectivity index (χ3n) is 10.8. The second kappa shape index (κ2) is 12.0. The Bertz CT molecular complexity index is 2200. The number of nitrogens with one attached hydrogen (secondary N) is 1. The molecule has 1 nitrogen and oxygen atoms in total. The highest BCUT2D eigenvalue weighted by Gasteiger charge is 2.27. The van der Waals surface area contributed by atoms with E-state index in [0.29, 0.717) is 5.92 Å². The first-order valence-electron chi connectivity index (χ1n) is 17.3. The molecular weight excluding hydrogens is 567 g/mol. The van der Waals surface area contributed by atoms with E-state index in [2.05, 4.69) is 157 Å². The lowest BCUT2D eigenvalue weighted by molar-refractivity contribution is 0.506. The van der Waals surface area contributed by atoms with Crippen molar-refractivity contribution in [1.82, 2.24) is 5.32 Å². The molecule has 0 fully saturated rings. The maximum atomic E-state index is 4.00. The van der Waals surface area contributed by atoms with Gasteiger partial charge in [0.1, 0.15) is 0 Å². The first-order valence-corrected chi connectivity index (χ1v) is 17.3. The molecule has 1 N–H and O–H groups in total. The van der Waals surface area contributed by atoms with E-state index in [-0.39, 0.29) is 12.1 Å². The van der Waals surface area contributed by atoms with Gasteiger partial charge in [0.2, 0.25) is 0 Å². The molecule has 0 aromatic heterocycles. The molecule has 0 saturated carbocycles. The van der Waals surface area contributed by atoms with Gasteiger partial charge in [-0.05, 0) is 116 Å². The summed E-state index contributed by atoms with van der Waals surface area (Å²) in [6, 6.07) is 47.7. The molecule has 1 heterocycles. The summed E-state index contributed by atoms with van der Waals surface area (Å²) in [4.78, 5) is 0. The molecule has 47 heavy (non-hydrogen) atoms. The van der Waals surface area contributed by atoms with Crippen LogP contribution in [0.5, 0.6) is 0 Å². The minimum atomic E-state index is 0.164. The van der Waals surface area contributed by atoms with Crippen LogP contribution in [-0.2, 0) is 12.8 Å². The Balaban J connectivity index is 1.08. The Kier molecular flexibility index (Phi) is 7.21. The molecular formula is C46H39N. The highest BCUT2D eigenvalue weighted by atomic mass is 15.0. The smallest absolute Gasteiger partial charge is 0.0513 e. The molecule has 9 rings (SSSR count). The summed E-state index contributed by atoms with van der Waals surface area (Å²) in [6.45, 7) is 0. The lowest BCUT2D eigenvalue weighted by Crippen LogP contribution is -2.36. The average Bonchev–Trinajstić information content (AvgIpc) is 3.66. The number of allylic oxidation sites excluding steroid dienone is 2. The van der Waals surface area contributed by atoms with Crippen LogP contribution in [0.4, 0.5) is 0 Å². The van der Waals surface area contributed by atoms with Crippen molar-refractivity contribution in [3.63, 3.8) is 0 Å². The lowest BCUT2D eigenvalue weighted by atomic mass is 9.83. The van der Waals surface area contributed by atoms with Crippen LogP contribution < -0.4 is 5.32 Å². The van der Waals surface area contributed by atoms with E-state index in [0.717, 1.165) is 12.8 Å². The number of aryl methyl sites for hydroxylation is 2. The van der Waals surface area contributed by atoms with Gasteiger partial charge in [-0.2, -0.15) is 0 Å². The van der Waals surface area contributed by atoms with Crippen molar-refractivity contribution < 1.29 is 0 Å². The molecule has 1 heteroatoms. The first kappa shape index (κ1) is 28.3. The second-order valence-electron chi connectivity index (χ2n) is 13.5. The zero-order chi connectivity index (χ0) is 31.2. The van der Waals surface area contributed by atoms with Gasteiger partial charge in [0.05, 0.1) is 6.04 Å². The van der Waals surface area contributed by atoms with Crippen LogP contribution in [0.2, 0.25) is 0 Å². The highest BCUT2D eigenvalue weighted by molar-refractivity contribution is 6.12. The monoisotopic (exact) mass is 605 g/mol. The summed E-state index contributed by atoms with van der Waals surface area (Å²) in [5, 5.41) is 9.67. The minimum Gasteiger partial charge on any atom is -0.299 e. The van der Waals surface area contributed by atoms with Crippen molar-refractivity contribution in [2.24, 2.45) is 0 Å². The van der Waals surface area contributed by atoms with E-state index in [1.165, 1.54) is 79.8 Å². The maximum absolute atomic E-state index is 4.00. The molecule has 0 amide bonds. The van der Waals surface area contributed by atoms with Crippen molar-refractivity contribution in [3.8, 4) is 11.1 Å². The van der Waals surface area contributed by atoms with Gasteiger partial charge < -0.3 is 0 Å². The molecule has 3 aliphatic rings. The Morgan fingerprint density at radius 2 is 1.23 bits per heavy atom. The highest BCUT2D eigenvalue weighted by Crippen LogP contribution is 2.41. The third-order valence-corrected chi connectivity index (χ3v) is 10.8. The van der Waals surface area contributed by atoms with Crippen LogP contribution >= 0.6 is 0 Å². The molecule has 1 aliphatic heterocycles. The van der Waals surface area contributed by atoms with Crippen LogP contribution in [0.1, 0.15) is 59.0 Å². The Labute approximate surface area is 278 Å². The fourth-order valence-electron chi connectivity index (χ4n) is 8.36. The molecule has 6 aromatic rings. The van der Waals surface area contributed by atoms with E-state index < -0.39 is 0 Å². The molecule has 3 atom stereocenters. The van der Waals surface area contributed by atoms with Crippen LogP contribution in [0.3, 0.4) is 0 Å². The molecule has 0 spiro atoms. The Morgan fingerprint density at radius 3 is 2.02 bits per heavy atom. The van der Waals surface area contributed by atoms with Gasteiger partial charge in [0.25, 0.3) is 0 Å². The predicted molar refractivity (Wildman–Crippen MR) is 199 cm³/mol. The van der Waals surface area contributed by atoms with E-state index in [1.54, 1.807) is 11.1 Å². The largest absolute Gasteiger partial charge is 0.299 e. The average molecular weight is 606 g/mol. The zero-order valence-corrected chi connectivity index (χ0v) is 26.7. The molecule has 6 aromatic carbocycles. The van der Waals surface area contributed by atoms with E-state index >= 15 is 0 Å². The molecule has 228 valence electrons. The quantitative estimate of drug-likeness (QED) is 0.193. The number of hydrogen-bond acceptors (Lipinski definition) is 1. The van der Waals surface area contributed by atoms with E-state index in [4.69, 9.17) is 0 Å². The fraction of sp³-hybridized carbons (Fsp3) is 0.174. The Morgan fingerprint density at radius 1 is 0.553 bits per heavy atom. The first-order chi connectivity index (χ1) is 23.3. The standard InChI is InChI=1S/C46H39N/c1-3-11-31(12-4-1)32-21-23-34(24-22-32)46-30-38(29-45(47-46)33-13-5-2-6-14-33)36-16-9-15-35(27-36)37-25-26-43-40-18-8-7-17-39(40)41-19-10-20-42(41)44(43)28-37/h1-9,11-18,21,23-28,30,32,45-47H,10,19-20,22,29H2/t32?,45-,46?/m0/s1. The van der Waals surface area contributed by atoms with Crippen LogP contribution in [-0.4, -0.2) is 6.04 Å². The summed E-state index contributed by atoms with van der Waals surface area (Å²) >= 11 is 0. The summed E-state index contributed by atoms with van der Waals surface area (Å²) < 4.78 is 0. The lowest BCUT2D eigenvalue weighted by Gasteiger charge is -2.33. The van der Waals surface area contributed by atoms with Gasteiger partial charge in [0.15, 0.2) is 0 Å². The fourth-order valence-corrected chi connectivity index (χ4v) is 8.36. The predicted octanol–water partition coefficient (Wildman–Crippen LogP) is 11.3. The van der Waals surface area contributed by atoms with Crippen molar-refractivity contribution in [1.29, 1.82) is 0 Å². The SMILES string of the molecule is C1=CC(c2ccccc2)CC=C1C1C=C(c2cccc(-c3ccc4c(c3)c3c(c5ccccc54)CCC3)c2)C[C@@H](c2ccccc2)N1. The minimum absolute atomic E-state index is 0.164. The molecule has 0 bridgehead atoms. The van der Waals surface area contributed by atoms with E-state index in [9.17, 15) is 0 Å². The van der Waals surface area contributed by atoms with Gasteiger partial charge in [-0.25, -0.2) is 0 Å². The summed E-state index contributed by atoms with van der Waals surface area (Å²) in [7, 11) is 0. The van der Waals surface area contributed by atoms with Gasteiger partial charge in [-0.1, -0.05) is 140 Å². The van der Waals surface area contributed by atoms with E-state index in [1.807, 2.05) is 0 Å². The van der Waals surface area contributed by atoms with Crippen molar-refractivity contribution in [3.05, 3.63) is 185 Å². The number of benzene rings is 6. The van der Waals surface area contributed by atoms with Crippen LogP contribution in [0, 0.1) is 0 Å². The number of rotatable bonds is 5. The Hall–Kier alpha value is -4.98. The topological polar surface area (TPSA) is 12.0 Å². The molecule has 0 saturated heterocycles. The molecule has 2 aliphatic carbocycles. The summed E-state index contributed by atoms with van der Waals surface area (Å²) in [6.07, 6.45) is 15.3. The maximum Gasteiger partial charge on any atom is 0.0513 e. The molecule has 0 radical (unpaired) electrons. The van der Waals surface area contributed by atoms with Crippen molar-refractivity contribution >= 4 is 27.1 Å². The summed E-state index contributed by atoms with van der Waals surface area (Å²) in [5.74, 6) is 0.440. The normalized spacial score (nSPS) is 20.6. The van der Waals surface area contributed by atoms with Crippen LogP contribution in [0.25, 0.3) is 38.2 Å². The molecule has 2 unspecified atom stereocenters. The number of hydrogen-bond donors (Lipinski definition) is 1. The zero-order valence-electron chi connectivity index (χ0n) is 26.7. The van der Waals surface area contributed by atoms with Crippen molar-refractivity contribution in [2.75, 3.05) is 0 Å². The van der Waals surface area contributed by atoms with Crippen LogP contribution in [0.15, 0.2) is 157 Å². The number of fused-ring (bicyclic) bond motifs is 6. The van der Waals surface area contributed by atoms with Gasteiger partial charge in [-0.3, -0.25) is 5.32 Å². The van der Waals surface area contributed by atoms with Crippen molar-refractivity contribution in [2.45, 2.75) is 50.1 Å². The van der Waals surface area contributed by atoms with Gasteiger partial charge >= 0.3 is 0 Å².